The standard InChI is InChI=1S/C16H19ClN2O4S/c1-19(2)14-7-5-11(17)9-13(14)18-24(20,21)12-6-8-15(22-3)16(10-12)23-4/h5-10,18H,1-4H3. The second-order valence-electron chi connectivity index (χ2n) is 5.18. The molecule has 0 aromatic heterocycles. The fourth-order valence-electron chi connectivity index (χ4n) is 2.17. The molecule has 0 saturated carbocycles. The normalized spacial score (nSPS) is 11.0. The SMILES string of the molecule is COc1ccc(S(=O)(=O)Nc2cc(Cl)ccc2N(C)C)cc1OC. The molecule has 6 nitrogen and oxygen atoms in total. The van der Waals surface area contributed by atoms with Crippen LogP contribution < -0.4 is 19.1 Å². The van der Waals surface area contributed by atoms with Crippen molar-refractivity contribution >= 4 is 33.0 Å². The Kier molecular flexibility index (Phi) is 5.46. The van der Waals surface area contributed by atoms with E-state index in [2.05, 4.69) is 4.72 Å². The van der Waals surface area contributed by atoms with Crippen molar-refractivity contribution in [3.63, 3.8) is 0 Å². The Morgan fingerprint density at radius 1 is 1.00 bits per heavy atom. The van der Waals surface area contributed by atoms with Crippen molar-refractivity contribution in [1.29, 1.82) is 0 Å². The Morgan fingerprint density at radius 2 is 1.67 bits per heavy atom. The van der Waals surface area contributed by atoms with Crippen LogP contribution in [0.1, 0.15) is 0 Å². The Morgan fingerprint density at radius 3 is 2.25 bits per heavy atom. The van der Waals surface area contributed by atoms with E-state index < -0.39 is 10.0 Å². The minimum atomic E-state index is -3.81. The summed E-state index contributed by atoms with van der Waals surface area (Å²) < 4.78 is 38.2. The van der Waals surface area contributed by atoms with Crippen LogP contribution in [0.4, 0.5) is 11.4 Å². The maximum atomic E-state index is 12.7. The molecule has 0 atom stereocenters. The number of methoxy groups -OCH3 is 2. The molecular weight excluding hydrogens is 352 g/mol. The van der Waals surface area contributed by atoms with Crippen molar-refractivity contribution in [2.75, 3.05) is 37.9 Å². The molecule has 0 aliphatic rings. The van der Waals surface area contributed by atoms with Gasteiger partial charge < -0.3 is 14.4 Å². The zero-order chi connectivity index (χ0) is 17.9. The average Bonchev–Trinajstić information content (AvgIpc) is 2.53. The summed E-state index contributed by atoms with van der Waals surface area (Å²) >= 11 is 5.99. The van der Waals surface area contributed by atoms with Crippen molar-refractivity contribution in [3.8, 4) is 11.5 Å². The predicted octanol–water partition coefficient (Wildman–Crippen LogP) is 3.22. The van der Waals surface area contributed by atoms with Crippen molar-refractivity contribution in [2.24, 2.45) is 0 Å². The summed E-state index contributed by atoms with van der Waals surface area (Å²) in [5.74, 6) is 0.785. The minimum Gasteiger partial charge on any atom is -0.493 e. The van der Waals surface area contributed by atoms with Crippen molar-refractivity contribution in [2.45, 2.75) is 4.90 Å². The highest BCUT2D eigenvalue weighted by atomic mass is 35.5. The van der Waals surface area contributed by atoms with Crippen molar-refractivity contribution in [1.82, 2.24) is 0 Å². The highest BCUT2D eigenvalue weighted by Gasteiger charge is 2.19. The molecule has 0 aliphatic carbocycles. The lowest BCUT2D eigenvalue weighted by Crippen LogP contribution is -2.17. The molecule has 0 radical (unpaired) electrons. The molecule has 0 heterocycles. The lowest BCUT2D eigenvalue weighted by atomic mass is 10.2. The van der Waals surface area contributed by atoms with E-state index in [1.54, 1.807) is 23.1 Å². The van der Waals surface area contributed by atoms with E-state index in [1.165, 1.54) is 32.4 Å². The summed E-state index contributed by atoms with van der Waals surface area (Å²) in [6.07, 6.45) is 0. The quantitative estimate of drug-likeness (QED) is 0.845. The number of nitrogens with zero attached hydrogens (tertiary/aromatic N) is 1. The highest BCUT2D eigenvalue weighted by molar-refractivity contribution is 7.92. The fourth-order valence-corrected chi connectivity index (χ4v) is 3.42. The van der Waals surface area contributed by atoms with Crippen LogP contribution in [0, 0.1) is 0 Å². The first-order valence-electron chi connectivity index (χ1n) is 7.00. The molecule has 24 heavy (non-hydrogen) atoms. The summed E-state index contributed by atoms with van der Waals surface area (Å²) in [4.78, 5) is 1.85. The Hall–Kier alpha value is -2.12. The summed E-state index contributed by atoms with van der Waals surface area (Å²) in [6, 6.07) is 9.40. The Balaban J connectivity index is 2.44. The van der Waals surface area contributed by atoms with E-state index in [-0.39, 0.29) is 4.90 Å². The molecule has 1 N–H and O–H groups in total. The van der Waals surface area contributed by atoms with Gasteiger partial charge in [-0.25, -0.2) is 8.42 Å². The van der Waals surface area contributed by atoms with E-state index in [9.17, 15) is 8.42 Å². The van der Waals surface area contributed by atoms with Crippen LogP contribution in [0.3, 0.4) is 0 Å². The largest absolute Gasteiger partial charge is 0.493 e. The fraction of sp³-hybridized carbons (Fsp3) is 0.250. The van der Waals surface area contributed by atoms with Gasteiger partial charge in [0.05, 0.1) is 30.5 Å². The minimum absolute atomic E-state index is 0.0600. The number of anilines is 2. The number of halogens is 1. The maximum absolute atomic E-state index is 12.7. The van der Waals surface area contributed by atoms with Crippen LogP contribution >= 0.6 is 11.6 Å². The second-order valence-corrected chi connectivity index (χ2v) is 7.30. The third-order valence-corrected chi connectivity index (χ3v) is 4.95. The molecule has 2 rings (SSSR count). The van der Waals surface area contributed by atoms with E-state index in [1.807, 2.05) is 14.1 Å². The summed E-state index contributed by atoms with van der Waals surface area (Å²) in [6.45, 7) is 0. The number of rotatable bonds is 6. The number of sulfonamides is 1. The van der Waals surface area contributed by atoms with Gasteiger partial charge in [-0.15, -0.1) is 0 Å². The van der Waals surface area contributed by atoms with E-state index in [4.69, 9.17) is 21.1 Å². The number of hydrogen-bond acceptors (Lipinski definition) is 5. The lowest BCUT2D eigenvalue weighted by molar-refractivity contribution is 0.354. The molecule has 0 unspecified atom stereocenters. The first kappa shape index (κ1) is 18.2. The zero-order valence-corrected chi connectivity index (χ0v) is 15.4. The van der Waals surface area contributed by atoms with Gasteiger partial charge in [0.25, 0.3) is 10.0 Å². The number of ether oxygens (including phenoxy) is 2. The van der Waals surface area contributed by atoms with Gasteiger partial charge in [-0.3, -0.25) is 4.72 Å². The van der Waals surface area contributed by atoms with Gasteiger partial charge in [0.1, 0.15) is 0 Å². The molecule has 0 saturated heterocycles. The zero-order valence-electron chi connectivity index (χ0n) is 13.8. The molecule has 0 spiro atoms. The van der Waals surface area contributed by atoms with Crippen molar-refractivity contribution < 1.29 is 17.9 Å². The van der Waals surface area contributed by atoms with Gasteiger partial charge in [-0.05, 0) is 30.3 Å². The van der Waals surface area contributed by atoms with Gasteiger partial charge in [-0.1, -0.05) is 11.6 Å². The molecule has 0 bridgehead atoms. The summed E-state index contributed by atoms with van der Waals surface area (Å²) in [5, 5.41) is 0.436. The maximum Gasteiger partial charge on any atom is 0.262 e. The van der Waals surface area contributed by atoms with Gasteiger partial charge >= 0.3 is 0 Å². The predicted molar refractivity (Wildman–Crippen MR) is 96.1 cm³/mol. The van der Waals surface area contributed by atoms with Crippen LogP contribution in [-0.4, -0.2) is 36.7 Å². The third kappa shape index (κ3) is 3.85. The van der Waals surface area contributed by atoms with Gasteiger partial charge in [-0.2, -0.15) is 0 Å². The molecule has 2 aromatic carbocycles. The van der Waals surface area contributed by atoms with E-state index in [0.717, 1.165) is 0 Å². The van der Waals surface area contributed by atoms with Crippen LogP contribution in [0.5, 0.6) is 11.5 Å². The smallest absolute Gasteiger partial charge is 0.262 e. The van der Waals surface area contributed by atoms with E-state index in [0.29, 0.717) is 27.9 Å². The number of benzene rings is 2. The lowest BCUT2D eigenvalue weighted by Gasteiger charge is -2.19. The monoisotopic (exact) mass is 370 g/mol. The van der Waals surface area contributed by atoms with Crippen LogP contribution in [0.25, 0.3) is 0 Å². The van der Waals surface area contributed by atoms with Crippen LogP contribution in [0.15, 0.2) is 41.3 Å². The Bertz CT molecular complexity index is 838. The number of hydrogen-bond donors (Lipinski definition) is 1. The van der Waals surface area contributed by atoms with Gasteiger partial charge in [0.15, 0.2) is 11.5 Å². The molecule has 2 aromatic rings. The average molecular weight is 371 g/mol. The van der Waals surface area contributed by atoms with Gasteiger partial charge in [0, 0.05) is 25.2 Å². The van der Waals surface area contributed by atoms with Crippen LogP contribution in [0.2, 0.25) is 5.02 Å². The topological polar surface area (TPSA) is 67.9 Å². The molecule has 0 aliphatic heterocycles. The van der Waals surface area contributed by atoms with E-state index >= 15 is 0 Å². The first-order valence-corrected chi connectivity index (χ1v) is 8.86. The Labute approximate surface area is 147 Å². The third-order valence-electron chi connectivity index (χ3n) is 3.35. The summed E-state index contributed by atoms with van der Waals surface area (Å²) in [7, 11) is 2.75. The van der Waals surface area contributed by atoms with Crippen molar-refractivity contribution in [3.05, 3.63) is 41.4 Å². The molecule has 8 heteroatoms. The molecule has 0 fully saturated rings. The molecule has 130 valence electrons. The molecular formula is C16H19ClN2O4S. The molecule has 0 amide bonds. The van der Waals surface area contributed by atoms with Gasteiger partial charge in [0.2, 0.25) is 0 Å². The van der Waals surface area contributed by atoms with Crippen LogP contribution in [-0.2, 0) is 10.0 Å². The summed E-state index contributed by atoms with van der Waals surface area (Å²) in [5.41, 5.74) is 1.09. The number of nitrogens with one attached hydrogen (secondary N) is 1. The highest BCUT2D eigenvalue weighted by Crippen LogP contribution is 2.33. The second kappa shape index (κ2) is 7.19. The first-order chi connectivity index (χ1) is 11.3.